The molecule has 1 fully saturated rings. The van der Waals surface area contributed by atoms with Crippen molar-refractivity contribution >= 4 is 5.69 Å². The Morgan fingerprint density at radius 3 is 2.14 bits per heavy atom. The molecule has 0 saturated carbocycles. The highest BCUT2D eigenvalue weighted by molar-refractivity contribution is 5.57. The predicted octanol–water partition coefficient (Wildman–Crippen LogP) is 3.78. The molecule has 5 heteroatoms. The standard InChI is InChI=1S/C23H25N5/c1-18-22(25-23(26(18)2)19-9-5-3-6-10-19)21(17-24)28-15-13-27(14-16-28)20-11-7-4-8-12-20/h3-12,21H,13-16H2,1-2H3. The van der Waals surface area contributed by atoms with E-state index in [9.17, 15) is 5.26 Å². The molecule has 2 heterocycles. The van der Waals surface area contributed by atoms with E-state index in [1.165, 1.54) is 5.69 Å². The number of hydrogen-bond donors (Lipinski definition) is 0. The van der Waals surface area contributed by atoms with Crippen molar-refractivity contribution in [2.75, 3.05) is 31.1 Å². The Bertz CT molecular complexity index is 963. The minimum absolute atomic E-state index is 0.318. The molecule has 2 aromatic carbocycles. The summed E-state index contributed by atoms with van der Waals surface area (Å²) in [4.78, 5) is 9.52. The quantitative estimate of drug-likeness (QED) is 0.700. The molecule has 1 aromatic heterocycles. The molecule has 3 aromatic rings. The molecule has 4 rings (SSSR count). The van der Waals surface area contributed by atoms with Crippen LogP contribution in [0.25, 0.3) is 11.4 Å². The van der Waals surface area contributed by atoms with Gasteiger partial charge in [-0.3, -0.25) is 4.90 Å². The van der Waals surface area contributed by atoms with E-state index in [-0.39, 0.29) is 6.04 Å². The number of para-hydroxylation sites is 1. The third-order valence-corrected chi connectivity index (χ3v) is 5.63. The summed E-state index contributed by atoms with van der Waals surface area (Å²) in [6.07, 6.45) is 0. The van der Waals surface area contributed by atoms with Gasteiger partial charge < -0.3 is 9.47 Å². The zero-order chi connectivity index (χ0) is 19.5. The minimum atomic E-state index is -0.318. The Morgan fingerprint density at radius 2 is 1.54 bits per heavy atom. The molecule has 1 unspecified atom stereocenters. The van der Waals surface area contributed by atoms with Gasteiger partial charge in [0.25, 0.3) is 0 Å². The molecule has 0 amide bonds. The third-order valence-electron chi connectivity index (χ3n) is 5.63. The predicted molar refractivity (Wildman–Crippen MR) is 112 cm³/mol. The number of nitrogens with zero attached hydrogens (tertiary/aromatic N) is 5. The average Bonchev–Trinajstić information content (AvgIpc) is 3.05. The normalized spacial score (nSPS) is 16.0. The lowest BCUT2D eigenvalue weighted by Gasteiger charge is -2.37. The first-order valence-corrected chi connectivity index (χ1v) is 9.71. The number of nitriles is 1. The van der Waals surface area contributed by atoms with Crippen LogP contribution in [0.15, 0.2) is 60.7 Å². The lowest BCUT2D eigenvalue weighted by molar-refractivity contribution is 0.219. The van der Waals surface area contributed by atoms with E-state index in [1.807, 2.05) is 31.3 Å². The molecule has 1 atom stereocenters. The molecule has 1 aliphatic heterocycles. The van der Waals surface area contributed by atoms with Crippen LogP contribution in [0.4, 0.5) is 5.69 Å². The van der Waals surface area contributed by atoms with Crippen LogP contribution in [-0.2, 0) is 7.05 Å². The lowest BCUT2D eigenvalue weighted by Crippen LogP contribution is -2.47. The van der Waals surface area contributed by atoms with Crippen LogP contribution in [0, 0.1) is 18.3 Å². The smallest absolute Gasteiger partial charge is 0.142 e. The van der Waals surface area contributed by atoms with E-state index in [1.54, 1.807) is 0 Å². The number of anilines is 1. The monoisotopic (exact) mass is 371 g/mol. The van der Waals surface area contributed by atoms with E-state index in [0.29, 0.717) is 0 Å². The van der Waals surface area contributed by atoms with Crippen molar-refractivity contribution in [2.45, 2.75) is 13.0 Å². The highest BCUT2D eigenvalue weighted by Gasteiger charge is 2.29. The molecule has 28 heavy (non-hydrogen) atoms. The van der Waals surface area contributed by atoms with Gasteiger partial charge in [-0.1, -0.05) is 48.5 Å². The summed E-state index contributed by atoms with van der Waals surface area (Å²) >= 11 is 0. The van der Waals surface area contributed by atoms with Crippen molar-refractivity contribution in [1.29, 1.82) is 5.26 Å². The summed E-state index contributed by atoms with van der Waals surface area (Å²) in [6, 6.07) is 22.8. The zero-order valence-electron chi connectivity index (χ0n) is 16.4. The number of imidazole rings is 1. The van der Waals surface area contributed by atoms with E-state index in [0.717, 1.165) is 49.0 Å². The van der Waals surface area contributed by atoms with Crippen molar-refractivity contribution in [3.8, 4) is 17.5 Å². The molecule has 5 nitrogen and oxygen atoms in total. The fourth-order valence-corrected chi connectivity index (χ4v) is 3.90. The zero-order valence-corrected chi connectivity index (χ0v) is 16.4. The number of aromatic nitrogens is 2. The maximum atomic E-state index is 9.96. The van der Waals surface area contributed by atoms with Crippen LogP contribution in [0.5, 0.6) is 0 Å². The highest BCUT2D eigenvalue weighted by atomic mass is 15.3. The Hall–Kier alpha value is -3.10. The number of piperazine rings is 1. The Labute approximate surface area is 166 Å². The third kappa shape index (κ3) is 3.39. The van der Waals surface area contributed by atoms with Crippen molar-refractivity contribution < 1.29 is 0 Å². The molecule has 1 aliphatic rings. The van der Waals surface area contributed by atoms with Crippen LogP contribution in [0.1, 0.15) is 17.4 Å². The summed E-state index contributed by atoms with van der Waals surface area (Å²) in [6.45, 7) is 5.59. The molecule has 0 radical (unpaired) electrons. The fraction of sp³-hybridized carbons (Fsp3) is 0.304. The van der Waals surface area contributed by atoms with Gasteiger partial charge >= 0.3 is 0 Å². The lowest BCUT2D eigenvalue weighted by atomic mass is 10.1. The molecular weight excluding hydrogens is 346 g/mol. The van der Waals surface area contributed by atoms with E-state index in [2.05, 4.69) is 63.8 Å². The first kappa shape index (κ1) is 18.3. The van der Waals surface area contributed by atoms with E-state index < -0.39 is 0 Å². The second-order valence-corrected chi connectivity index (χ2v) is 7.22. The van der Waals surface area contributed by atoms with Gasteiger partial charge in [0.05, 0.1) is 11.8 Å². The first-order chi connectivity index (χ1) is 13.7. The topological polar surface area (TPSA) is 48.1 Å². The molecule has 0 spiro atoms. The van der Waals surface area contributed by atoms with Gasteiger partial charge in [-0.15, -0.1) is 0 Å². The Morgan fingerprint density at radius 1 is 0.929 bits per heavy atom. The van der Waals surface area contributed by atoms with Gasteiger partial charge in [-0.2, -0.15) is 5.26 Å². The van der Waals surface area contributed by atoms with Crippen molar-refractivity contribution in [1.82, 2.24) is 14.5 Å². The second-order valence-electron chi connectivity index (χ2n) is 7.22. The summed E-state index contributed by atoms with van der Waals surface area (Å²) < 4.78 is 2.09. The fourth-order valence-electron chi connectivity index (χ4n) is 3.90. The van der Waals surface area contributed by atoms with Crippen LogP contribution < -0.4 is 4.90 Å². The second kappa shape index (κ2) is 7.87. The molecule has 0 aliphatic carbocycles. The van der Waals surface area contributed by atoms with Gasteiger partial charge in [-0.05, 0) is 19.1 Å². The first-order valence-electron chi connectivity index (χ1n) is 9.71. The maximum Gasteiger partial charge on any atom is 0.142 e. The highest BCUT2D eigenvalue weighted by Crippen LogP contribution is 2.29. The van der Waals surface area contributed by atoms with Gasteiger partial charge in [0, 0.05) is 50.2 Å². The molecule has 142 valence electrons. The summed E-state index contributed by atoms with van der Waals surface area (Å²) in [5, 5.41) is 9.96. The number of benzene rings is 2. The van der Waals surface area contributed by atoms with Gasteiger partial charge in [-0.25, -0.2) is 4.98 Å². The maximum absolute atomic E-state index is 9.96. The Kier molecular flexibility index (Phi) is 5.14. The molecule has 0 bridgehead atoms. The average molecular weight is 371 g/mol. The van der Waals surface area contributed by atoms with Crippen molar-refractivity contribution in [3.05, 3.63) is 72.1 Å². The number of rotatable bonds is 4. The van der Waals surface area contributed by atoms with Gasteiger partial charge in [0.2, 0.25) is 0 Å². The van der Waals surface area contributed by atoms with E-state index in [4.69, 9.17) is 4.98 Å². The van der Waals surface area contributed by atoms with Crippen LogP contribution >= 0.6 is 0 Å². The van der Waals surface area contributed by atoms with Gasteiger partial charge in [0.15, 0.2) is 0 Å². The summed E-state index contributed by atoms with van der Waals surface area (Å²) in [7, 11) is 2.02. The van der Waals surface area contributed by atoms with Crippen molar-refractivity contribution in [3.63, 3.8) is 0 Å². The summed E-state index contributed by atoms with van der Waals surface area (Å²) in [5.74, 6) is 0.913. The molecular formula is C23H25N5. The Balaban J connectivity index is 1.55. The van der Waals surface area contributed by atoms with Crippen LogP contribution in [0.3, 0.4) is 0 Å². The van der Waals surface area contributed by atoms with E-state index >= 15 is 0 Å². The summed E-state index contributed by atoms with van der Waals surface area (Å²) in [5.41, 5.74) is 4.24. The van der Waals surface area contributed by atoms with Crippen LogP contribution in [-0.4, -0.2) is 40.6 Å². The SMILES string of the molecule is Cc1c(C(C#N)N2CCN(c3ccccc3)CC2)nc(-c2ccccc2)n1C. The number of hydrogen-bond acceptors (Lipinski definition) is 4. The molecule has 0 N–H and O–H groups in total. The minimum Gasteiger partial charge on any atom is -0.369 e. The van der Waals surface area contributed by atoms with Crippen molar-refractivity contribution in [2.24, 2.45) is 7.05 Å². The van der Waals surface area contributed by atoms with Crippen LogP contribution in [0.2, 0.25) is 0 Å². The van der Waals surface area contributed by atoms with Gasteiger partial charge in [0.1, 0.15) is 11.9 Å². The molecule has 1 saturated heterocycles. The largest absolute Gasteiger partial charge is 0.369 e.